The molecule has 6 atom stereocenters. The number of urea groups is 1. The fourth-order valence-electron chi connectivity index (χ4n) is 5.35. The Morgan fingerprint density at radius 1 is 0.933 bits per heavy atom. The lowest BCUT2D eigenvalue weighted by Gasteiger charge is -2.43. The van der Waals surface area contributed by atoms with E-state index in [4.69, 9.17) is 14.2 Å². The summed E-state index contributed by atoms with van der Waals surface area (Å²) < 4.78 is 18.0. The van der Waals surface area contributed by atoms with Gasteiger partial charge in [-0.05, 0) is 43.1 Å². The van der Waals surface area contributed by atoms with E-state index < -0.39 is 24.4 Å². The van der Waals surface area contributed by atoms with E-state index in [9.17, 15) is 19.8 Å². The summed E-state index contributed by atoms with van der Waals surface area (Å²) >= 11 is 0. The Hall–Kier alpha value is -3.80. The topological polar surface area (TPSA) is 130 Å². The second-order valence-corrected chi connectivity index (χ2v) is 11.4. The molecule has 10 heteroatoms. The van der Waals surface area contributed by atoms with Crippen molar-refractivity contribution < 1.29 is 34.0 Å². The van der Waals surface area contributed by atoms with Crippen LogP contribution in [0.15, 0.2) is 78.9 Å². The molecule has 0 aliphatic carbocycles. The molecular formula is C35H45N3O7. The van der Waals surface area contributed by atoms with Crippen LogP contribution in [-0.2, 0) is 32.2 Å². The van der Waals surface area contributed by atoms with Crippen molar-refractivity contribution in [3.05, 3.63) is 107 Å². The summed E-state index contributed by atoms with van der Waals surface area (Å²) in [7, 11) is 1.99. The van der Waals surface area contributed by atoms with Gasteiger partial charge in [0.1, 0.15) is 6.54 Å². The van der Waals surface area contributed by atoms with Crippen LogP contribution >= 0.6 is 0 Å². The van der Waals surface area contributed by atoms with Crippen molar-refractivity contribution in [2.24, 2.45) is 5.92 Å². The number of carbonyl (C=O) groups excluding carboxylic acids is 2. The minimum Gasteiger partial charge on any atom is -0.465 e. The molecule has 1 heterocycles. The van der Waals surface area contributed by atoms with Gasteiger partial charge in [0, 0.05) is 30.6 Å². The molecule has 4 N–H and O–H groups in total. The summed E-state index contributed by atoms with van der Waals surface area (Å²) in [6, 6.07) is 24.4. The van der Waals surface area contributed by atoms with Gasteiger partial charge in [-0.25, -0.2) is 4.79 Å². The fraction of sp³-hybridized carbons (Fsp3) is 0.429. The quantitative estimate of drug-likeness (QED) is 0.208. The highest BCUT2D eigenvalue weighted by Crippen LogP contribution is 2.42. The molecule has 0 bridgehead atoms. The standard InChI is InChI=1S/C35H45N3O7/c1-5-43-31(40)20-37-35(42)36-19-25-11-17-29(18-12-25)34-44-30(21-38(4)24(3)32(41)27-9-7-6-8-10-27)23(2)33(45-34)28-15-13-26(22-39)14-16-28/h6-18,23-24,30,32-34,39,41H,5,19-22H2,1-4H3,(H2,36,37,42)/t23-,24+,30+,32+,33+,34+/m0/s1. The molecule has 4 rings (SSSR count). The first-order valence-corrected chi connectivity index (χ1v) is 15.4. The Morgan fingerprint density at radius 2 is 1.58 bits per heavy atom. The summed E-state index contributed by atoms with van der Waals surface area (Å²) in [4.78, 5) is 25.7. The van der Waals surface area contributed by atoms with Gasteiger partial charge in [-0.15, -0.1) is 0 Å². The predicted molar refractivity (Wildman–Crippen MR) is 170 cm³/mol. The first kappa shape index (κ1) is 34.1. The molecule has 0 unspecified atom stereocenters. The van der Waals surface area contributed by atoms with Crippen LogP contribution < -0.4 is 10.6 Å². The Labute approximate surface area is 265 Å². The van der Waals surface area contributed by atoms with Gasteiger partial charge in [-0.1, -0.05) is 85.8 Å². The number of hydrogen-bond acceptors (Lipinski definition) is 8. The third kappa shape index (κ3) is 9.35. The third-order valence-electron chi connectivity index (χ3n) is 8.29. The van der Waals surface area contributed by atoms with E-state index in [-0.39, 0.29) is 50.5 Å². The number of hydrogen-bond donors (Lipinski definition) is 4. The monoisotopic (exact) mass is 619 g/mol. The minimum atomic E-state index is -0.655. The van der Waals surface area contributed by atoms with E-state index in [1.165, 1.54) is 0 Å². The number of amides is 2. The molecule has 1 aliphatic rings. The van der Waals surface area contributed by atoms with E-state index in [1.54, 1.807) is 6.92 Å². The van der Waals surface area contributed by atoms with E-state index in [0.717, 1.165) is 27.8 Å². The van der Waals surface area contributed by atoms with E-state index in [1.807, 2.05) is 92.8 Å². The summed E-state index contributed by atoms with van der Waals surface area (Å²) in [5.41, 5.74) is 4.38. The summed E-state index contributed by atoms with van der Waals surface area (Å²) in [5.74, 6) is -0.505. The van der Waals surface area contributed by atoms with Gasteiger partial charge in [-0.3, -0.25) is 9.69 Å². The third-order valence-corrected chi connectivity index (χ3v) is 8.29. The maximum Gasteiger partial charge on any atom is 0.325 e. The second-order valence-electron chi connectivity index (χ2n) is 11.4. The molecule has 0 radical (unpaired) electrons. The summed E-state index contributed by atoms with van der Waals surface area (Å²) in [5, 5.41) is 25.8. The first-order valence-electron chi connectivity index (χ1n) is 15.4. The average Bonchev–Trinajstić information content (AvgIpc) is 3.07. The van der Waals surface area contributed by atoms with Gasteiger partial charge in [0.05, 0.1) is 31.5 Å². The number of carbonyl (C=O) groups is 2. The van der Waals surface area contributed by atoms with Crippen LogP contribution in [-0.4, -0.2) is 66.0 Å². The second kappa shape index (κ2) is 16.5. The number of esters is 1. The van der Waals surface area contributed by atoms with E-state index in [0.29, 0.717) is 6.54 Å². The number of ether oxygens (including phenoxy) is 3. The number of aliphatic hydroxyl groups is 2. The molecule has 2 amide bonds. The van der Waals surface area contributed by atoms with Crippen LogP contribution in [0.25, 0.3) is 0 Å². The lowest BCUT2D eigenvalue weighted by molar-refractivity contribution is -0.276. The largest absolute Gasteiger partial charge is 0.465 e. The number of aliphatic hydroxyl groups excluding tert-OH is 2. The Morgan fingerprint density at radius 3 is 2.22 bits per heavy atom. The number of rotatable bonds is 13. The normalized spacial score (nSPS) is 21.1. The zero-order valence-corrected chi connectivity index (χ0v) is 26.4. The van der Waals surface area contributed by atoms with Gasteiger partial charge >= 0.3 is 12.0 Å². The maximum absolute atomic E-state index is 12.1. The molecule has 45 heavy (non-hydrogen) atoms. The fourth-order valence-corrected chi connectivity index (χ4v) is 5.35. The van der Waals surface area contributed by atoms with Gasteiger partial charge in [0.2, 0.25) is 0 Å². The van der Waals surface area contributed by atoms with Crippen molar-refractivity contribution in [3.8, 4) is 0 Å². The molecule has 1 fully saturated rings. The molecule has 3 aromatic rings. The molecular weight excluding hydrogens is 574 g/mol. The minimum absolute atomic E-state index is 0.0126. The predicted octanol–water partition coefficient (Wildman–Crippen LogP) is 4.39. The zero-order chi connectivity index (χ0) is 32.3. The van der Waals surface area contributed by atoms with Crippen LogP contribution in [0.3, 0.4) is 0 Å². The maximum atomic E-state index is 12.1. The number of benzene rings is 3. The van der Waals surface area contributed by atoms with Crippen molar-refractivity contribution >= 4 is 12.0 Å². The summed E-state index contributed by atoms with van der Waals surface area (Å²) in [6.07, 6.45) is -1.79. The smallest absolute Gasteiger partial charge is 0.325 e. The molecule has 3 aromatic carbocycles. The van der Waals surface area contributed by atoms with Crippen LogP contribution in [0, 0.1) is 5.92 Å². The molecule has 242 valence electrons. The highest BCUT2D eigenvalue weighted by atomic mass is 16.7. The number of nitrogens with one attached hydrogen (secondary N) is 2. The summed E-state index contributed by atoms with van der Waals surface area (Å²) in [6.45, 7) is 6.69. The average molecular weight is 620 g/mol. The molecule has 1 saturated heterocycles. The van der Waals surface area contributed by atoms with Crippen molar-refractivity contribution in [2.45, 2.75) is 64.6 Å². The van der Waals surface area contributed by atoms with E-state index >= 15 is 0 Å². The van der Waals surface area contributed by atoms with Crippen LogP contribution in [0.4, 0.5) is 4.79 Å². The number of nitrogens with zero attached hydrogens (tertiary/aromatic N) is 1. The molecule has 0 aromatic heterocycles. The van der Waals surface area contributed by atoms with Crippen LogP contribution in [0.5, 0.6) is 0 Å². The Kier molecular flexibility index (Phi) is 12.5. The Bertz CT molecular complexity index is 1350. The SMILES string of the molecule is CCOC(=O)CNC(=O)NCc1ccc([C@@H]2O[C@H](CN(C)[C@H](C)[C@@H](O)c3ccccc3)[C@H](C)[C@H](c3ccc(CO)cc3)O2)cc1. The van der Waals surface area contributed by atoms with Crippen molar-refractivity contribution in [2.75, 3.05) is 26.7 Å². The highest BCUT2D eigenvalue weighted by Gasteiger charge is 2.39. The van der Waals surface area contributed by atoms with Gasteiger partial charge in [0.15, 0.2) is 6.29 Å². The first-order chi connectivity index (χ1) is 21.7. The number of likely N-dealkylation sites (N-methyl/N-ethyl adjacent to an activating group) is 1. The van der Waals surface area contributed by atoms with Crippen molar-refractivity contribution in [3.63, 3.8) is 0 Å². The zero-order valence-electron chi connectivity index (χ0n) is 26.4. The highest BCUT2D eigenvalue weighted by molar-refractivity contribution is 5.80. The lowest BCUT2D eigenvalue weighted by Crippen LogP contribution is -2.46. The van der Waals surface area contributed by atoms with Crippen molar-refractivity contribution in [1.29, 1.82) is 0 Å². The van der Waals surface area contributed by atoms with Crippen LogP contribution in [0.1, 0.15) is 67.1 Å². The molecule has 10 nitrogen and oxygen atoms in total. The van der Waals surface area contributed by atoms with Crippen LogP contribution in [0.2, 0.25) is 0 Å². The molecule has 0 saturated carbocycles. The van der Waals surface area contributed by atoms with Gasteiger partial charge < -0.3 is 35.1 Å². The van der Waals surface area contributed by atoms with Gasteiger partial charge in [-0.2, -0.15) is 0 Å². The molecule has 1 aliphatic heterocycles. The van der Waals surface area contributed by atoms with E-state index in [2.05, 4.69) is 22.5 Å². The van der Waals surface area contributed by atoms with Crippen molar-refractivity contribution in [1.82, 2.24) is 15.5 Å². The van der Waals surface area contributed by atoms with Gasteiger partial charge in [0.25, 0.3) is 0 Å². The Balaban J connectivity index is 1.46. The lowest BCUT2D eigenvalue weighted by atomic mass is 9.89. The molecule has 0 spiro atoms.